The van der Waals surface area contributed by atoms with Crippen LogP contribution in [0.15, 0.2) is 70.6 Å². The summed E-state index contributed by atoms with van der Waals surface area (Å²) >= 11 is 0. The van der Waals surface area contributed by atoms with Crippen molar-refractivity contribution < 1.29 is 8.42 Å². The topological polar surface area (TPSA) is 158 Å². The molecule has 4 rings (SSSR count). The number of benzene rings is 2. The van der Waals surface area contributed by atoms with Crippen LogP contribution in [0.5, 0.6) is 0 Å². The predicted octanol–water partition coefficient (Wildman–Crippen LogP) is 1.29. The van der Waals surface area contributed by atoms with Crippen molar-refractivity contribution in [2.24, 2.45) is 5.73 Å². The number of nitrogens with zero attached hydrogens (tertiary/aromatic N) is 2. The first kappa shape index (κ1) is 23.2. The summed E-state index contributed by atoms with van der Waals surface area (Å²) in [5, 5.41) is 13.2. The quantitative estimate of drug-likeness (QED) is 0.0913. The van der Waals surface area contributed by atoms with Gasteiger partial charge in [0, 0.05) is 25.5 Å². The molecule has 11 heteroatoms. The van der Waals surface area contributed by atoms with E-state index < -0.39 is 10.7 Å². The van der Waals surface area contributed by atoms with Crippen LogP contribution >= 0.6 is 0 Å². The molecule has 10 nitrogen and oxygen atoms in total. The molecule has 0 amide bonds. The van der Waals surface area contributed by atoms with Gasteiger partial charge in [-0.05, 0) is 41.8 Å². The fourth-order valence-corrected chi connectivity index (χ4v) is 3.92. The zero-order valence-corrected chi connectivity index (χ0v) is 19.1. The van der Waals surface area contributed by atoms with Gasteiger partial charge in [0.05, 0.1) is 16.2 Å². The zero-order valence-electron chi connectivity index (χ0n) is 18.2. The SMILES string of the molecule is N=C(N)NCCCNCc1ccc(-c2cn3cc(-c4ccc([SH](=O)=O)cc4)[nH]c3nc2=O)cc1. The van der Waals surface area contributed by atoms with Crippen LogP contribution in [0.1, 0.15) is 12.0 Å². The Labute approximate surface area is 197 Å². The van der Waals surface area contributed by atoms with Crippen LogP contribution in [0.2, 0.25) is 0 Å². The first-order chi connectivity index (χ1) is 16.4. The van der Waals surface area contributed by atoms with Gasteiger partial charge in [-0.1, -0.05) is 36.4 Å². The van der Waals surface area contributed by atoms with E-state index in [1.807, 2.05) is 30.5 Å². The van der Waals surface area contributed by atoms with E-state index >= 15 is 0 Å². The minimum Gasteiger partial charge on any atom is -0.370 e. The van der Waals surface area contributed by atoms with Crippen LogP contribution < -0.4 is 21.9 Å². The normalized spacial score (nSPS) is 11.2. The molecule has 0 saturated carbocycles. The van der Waals surface area contributed by atoms with E-state index in [1.165, 1.54) is 12.1 Å². The van der Waals surface area contributed by atoms with Crippen molar-refractivity contribution in [2.75, 3.05) is 13.1 Å². The van der Waals surface area contributed by atoms with Crippen LogP contribution in [0.4, 0.5) is 0 Å². The Morgan fingerprint density at radius 2 is 1.74 bits per heavy atom. The van der Waals surface area contributed by atoms with Gasteiger partial charge in [0.25, 0.3) is 5.56 Å². The van der Waals surface area contributed by atoms with Gasteiger partial charge < -0.3 is 21.4 Å². The smallest absolute Gasteiger partial charge is 0.282 e. The number of hydrogen-bond donors (Lipinski definition) is 6. The lowest BCUT2D eigenvalue weighted by atomic mass is 10.1. The highest BCUT2D eigenvalue weighted by molar-refractivity contribution is 7.72. The highest BCUT2D eigenvalue weighted by Gasteiger charge is 2.10. The third-order valence-electron chi connectivity index (χ3n) is 5.29. The summed E-state index contributed by atoms with van der Waals surface area (Å²) in [7, 11) is -2.63. The number of hydrogen-bond acceptors (Lipinski definition) is 6. The summed E-state index contributed by atoms with van der Waals surface area (Å²) in [5.41, 5.74) is 8.76. The minimum atomic E-state index is -2.63. The van der Waals surface area contributed by atoms with E-state index in [0.29, 0.717) is 24.4 Å². The van der Waals surface area contributed by atoms with Gasteiger partial charge in [-0.3, -0.25) is 14.6 Å². The number of fused-ring (bicyclic) bond motifs is 1. The van der Waals surface area contributed by atoms with E-state index in [-0.39, 0.29) is 16.4 Å². The molecule has 0 radical (unpaired) electrons. The maximum atomic E-state index is 12.7. The molecule has 0 unspecified atom stereocenters. The standard InChI is InChI=1S/C23H25N7O3S/c24-22(25)27-11-1-10-26-12-15-2-4-16(5-3-15)19-13-30-14-20(28-23(30)29-21(19)31)17-6-8-18(9-7-17)34(32)33/h2-9,13-14,26,34H,1,10-12H2,(H4,24,25,27)(H,28,29,31). The molecule has 0 aliphatic carbocycles. The monoisotopic (exact) mass is 479 g/mol. The number of aromatic amines is 1. The lowest BCUT2D eigenvalue weighted by Crippen LogP contribution is -2.32. The molecule has 0 bridgehead atoms. The van der Waals surface area contributed by atoms with Gasteiger partial charge in [-0.15, -0.1) is 0 Å². The third kappa shape index (κ3) is 5.50. The first-order valence-electron chi connectivity index (χ1n) is 10.7. The maximum absolute atomic E-state index is 12.7. The van der Waals surface area contributed by atoms with Gasteiger partial charge in [0.1, 0.15) is 0 Å². The Bertz CT molecular complexity index is 1430. The Kier molecular flexibility index (Phi) is 7.04. The molecule has 0 fully saturated rings. The average molecular weight is 480 g/mol. The van der Waals surface area contributed by atoms with Crippen molar-refractivity contribution >= 4 is 22.4 Å². The number of guanidine groups is 1. The van der Waals surface area contributed by atoms with Crippen molar-refractivity contribution in [3.05, 3.63) is 76.8 Å². The van der Waals surface area contributed by atoms with Crippen molar-refractivity contribution in [3.63, 3.8) is 0 Å². The van der Waals surface area contributed by atoms with Gasteiger partial charge in [-0.2, -0.15) is 4.98 Å². The minimum absolute atomic E-state index is 0.0244. The molecule has 176 valence electrons. The highest BCUT2D eigenvalue weighted by Crippen LogP contribution is 2.21. The number of rotatable bonds is 9. The Morgan fingerprint density at radius 3 is 2.41 bits per heavy atom. The van der Waals surface area contributed by atoms with Crippen molar-refractivity contribution in [2.45, 2.75) is 17.9 Å². The van der Waals surface area contributed by atoms with E-state index in [2.05, 4.69) is 20.6 Å². The van der Waals surface area contributed by atoms with E-state index in [1.54, 1.807) is 22.7 Å². The third-order valence-corrected chi connectivity index (χ3v) is 6.01. The summed E-state index contributed by atoms with van der Waals surface area (Å²) in [4.78, 5) is 20.2. The Hall–Kier alpha value is -3.96. The van der Waals surface area contributed by atoms with Gasteiger partial charge in [-0.25, -0.2) is 8.42 Å². The largest absolute Gasteiger partial charge is 0.370 e. The summed E-state index contributed by atoms with van der Waals surface area (Å²) < 4.78 is 23.9. The molecular formula is C23H25N7O3S. The first-order valence-corrected chi connectivity index (χ1v) is 11.8. The van der Waals surface area contributed by atoms with Crippen molar-refractivity contribution in [3.8, 4) is 22.4 Å². The van der Waals surface area contributed by atoms with E-state index in [4.69, 9.17) is 11.1 Å². The zero-order chi connectivity index (χ0) is 24.1. The molecule has 0 atom stereocenters. The number of nitrogens with two attached hydrogens (primary N) is 1. The molecule has 0 aliphatic rings. The Balaban J connectivity index is 1.47. The molecular weight excluding hydrogens is 454 g/mol. The number of aromatic nitrogens is 3. The summed E-state index contributed by atoms with van der Waals surface area (Å²) in [6.45, 7) is 2.13. The van der Waals surface area contributed by atoms with E-state index in [0.717, 1.165) is 35.3 Å². The fourth-order valence-electron chi connectivity index (χ4n) is 3.53. The molecule has 0 saturated heterocycles. The summed E-state index contributed by atoms with van der Waals surface area (Å²) in [6, 6.07) is 14.2. The van der Waals surface area contributed by atoms with Gasteiger partial charge in [0.2, 0.25) is 5.78 Å². The number of imidazole rings is 1. The highest BCUT2D eigenvalue weighted by atomic mass is 32.2. The lowest BCUT2D eigenvalue weighted by Gasteiger charge is -2.07. The average Bonchev–Trinajstić information content (AvgIpc) is 3.24. The Morgan fingerprint density at radius 1 is 1.03 bits per heavy atom. The van der Waals surface area contributed by atoms with Gasteiger partial charge >= 0.3 is 0 Å². The number of thiol groups is 1. The molecule has 2 aromatic carbocycles. The lowest BCUT2D eigenvalue weighted by molar-refractivity contribution is 0.614. The molecule has 0 spiro atoms. The van der Waals surface area contributed by atoms with Crippen LogP contribution in [-0.4, -0.2) is 41.8 Å². The van der Waals surface area contributed by atoms with E-state index in [9.17, 15) is 13.2 Å². The fraction of sp³-hybridized carbons (Fsp3) is 0.174. The van der Waals surface area contributed by atoms with Crippen LogP contribution in [0, 0.1) is 5.41 Å². The van der Waals surface area contributed by atoms with Crippen LogP contribution in [0.25, 0.3) is 28.2 Å². The van der Waals surface area contributed by atoms with Crippen LogP contribution in [-0.2, 0) is 17.2 Å². The second-order valence-electron chi connectivity index (χ2n) is 7.73. The molecule has 34 heavy (non-hydrogen) atoms. The molecule has 2 heterocycles. The van der Waals surface area contributed by atoms with Crippen molar-refractivity contribution in [1.82, 2.24) is 25.0 Å². The van der Waals surface area contributed by atoms with Gasteiger partial charge in [0.15, 0.2) is 16.7 Å². The molecule has 6 N–H and O–H groups in total. The molecule has 4 aromatic rings. The number of nitrogens with one attached hydrogen (secondary N) is 4. The predicted molar refractivity (Wildman–Crippen MR) is 132 cm³/mol. The second-order valence-corrected chi connectivity index (χ2v) is 8.76. The van der Waals surface area contributed by atoms with Crippen molar-refractivity contribution in [1.29, 1.82) is 5.41 Å². The van der Waals surface area contributed by atoms with Crippen LogP contribution in [0.3, 0.4) is 0 Å². The molecule has 0 aliphatic heterocycles. The molecule has 2 aromatic heterocycles. The second kappa shape index (κ2) is 10.3. The summed E-state index contributed by atoms with van der Waals surface area (Å²) in [6.07, 6.45) is 4.40. The summed E-state index contributed by atoms with van der Waals surface area (Å²) in [5.74, 6) is 0.381. The maximum Gasteiger partial charge on any atom is 0.282 e. The number of H-pyrrole nitrogens is 1.